The molecule has 0 aliphatic carbocycles. The normalized spacial score (nSPS) is 18.7. The van der Waals surface area contributed by atoms with Crippen molar-refractivity contribution in [3.05, 3.63) is 11.8 Å². The predicted octanol–water partition coefficient (Wildman–Crippen LogP) is 1.47. The van der Waals surface area contributed by atoms with Crippen molar-refractivity contribution in [1.82, 2.24) is 5.06 Å². The molecule has 30 heavy (non-hydrogen) atoms. The summed E-state index contributed by atoms with van der Waals surface area (Å²) in [5.74, 6) is 1.65. The molecule has 0 spiro atoms. The van der Waals surface area contributed by atoms with Crippen molar-refractivity contribution in [3.63, 3.8) is 0 Å². The summed E-state index contributed by atoms with van der Waals surface area (Å²) in [6.07, 6.45) is 2.12. The van der Waals surface area contributed by atoms with Crippen molar-refractivity contribution in [1.29, 1.82) is 0 Å². The van der Waals surface area contributed by atoms with Crippen LogP contribution in [-0.2, 0) is 19.1 Å². The summed E-state index contributed by atoms with van der Waals surface area (Å²) < 4.78 is 11.2. The van der Waals surface area contributed by atoms with Crippen LogP contribution in [0, 0.1) is 11.8 Å². The van der Waals surface area contributed by atoms with Crippen LogP contribution in [0.5, 0.6) is 0 Å². The third kappa shape index (κ3) is 10.6. The van der Waals surface area contributed by atoms with Gasteiger partial charge < -0.3 is 32.0 Å². The first kappa shape index (κ1) is 31.6. The molecule has 7 nitrogen and oxygen atoms in total. The molecule has 172 valence electrons. The van der Waals surface area contributed by atoms with Gasteiger partial charge in [-0.2, -0.15) is 32.8 Å². The molecule has 1 aliphatic heterocycles. The fraction of sp³-hybridized carbons (Fsp3) is 0.818. The molecule has 0 bridgehead atoms. The Hall–Kier alpha value is -0.583. The van der Waals surface area contributed by atoms with Crippen molar-refractivity contribution >= 4 is 11.9 Å². The number of hydroxylamine groups is 2. The van der Waals surface area contributed by atoms with E-state index >= 15 is 0 Å². The molecule has 0 amide bonds. The molecule has 2 N–H and O–H groups in total. The van der Waals surface area contributed by atoms with Gasteiger partial charge in [0.05, 0.1) is 12.8 Å². The van der Waals surface area contributed by atoms with Gasteiger partial charge in [-0.25, -0.2) is 0 Å². The third-order valence-corrected chi connectivity index (χ3v) is 5.00. The van der Waals surface area contributed by atoms with Crippen molar-refractivity contribution in [3.8, 4) is 0 Å². The van der Waals surface area contributed by atoms with Crippen LogP contribution in [0.2, 0.25) is 0 Å². The van der Waals surface area contributed by atoms with E-state index in [0.717, 1.165) is 12.8 Å². The summed E-state index contributed by atoms with van der Waals surface area (Å²) in [5, 5.41) is 11.7. The molecule has 1 heterocycles. The maximum Gasteiger partial charge on any atom is 1.00 e. The Morgan fingerprint density at radius 1 is 0.967 bits per heavy atom. The summed E-state index contributed by atoms with van der Waals surface area (Å²) in [4.78, 5) is 24.4. The minimum atomic E-state index is -0.484. The zero-order valence-corrected chi connectivity index (χ0v) is 20.4. The molecule has 8 heteroatoms. The molecule has 1 saturated heterocycles. The molecule has 0 aromatic carbocycles. The summed E-state index contributed by atoms with van der Waals surface area (Å²) in [6, 6.07) is 0. The molecule has 0 unspecified atom stereocenters. The molecule has 1 aliphatic rings. The number of nitrogens with zero attached hydrogens (tertiary/aromatic N) is 1. The maximum absolute atomic E-state index is 12.2. The van der Waals surface area contributed by atoms with Crippen molar-refractivity contribution < 1.29 is 48.6 Å². The van der Waals surface area contributed by atoms with Gasteiger partial charge in [0, 0.05) is 30.0 Å². The second kappa shape index (κ2) is 13.1. The van der Waals surface area contributed by atoms with Crippen LogP contribution >= 0.6 is 0 Å². The first-order chi connectivity index (χ1) is 12.7. The molecule has 0 radical (unpaired) electrons. The van der Waals surface area contributed by atoms with E-state index in [-0.39, 0.29) is 55.4 Å². The van der Waals surface area contributed by atoms with E-state index in [4.69, 9.17) is 9.47 Å². The van der Waals surface area contributed by atoms with Crippen LogP contribution in [0.4, 0.5) is 0 Å². The Morgan fingerprint density at radius 3 is 1.77 bits per heavy atom. The number of carbonyl (C=O) groups is 2. The van der Waals surface area contributed by atoms with Crippen molar-refractivity contribution in [2.45, 2.75) is 117 Å². The summed E-state index contributed by atoms with van der Waals surface area (Å²) in [7, 11) is 0. The topological polar surface area (TPSA) is 106 Å². The molecule has 1 rings (SSSR count). The van der Waals surface area contributed by atoms with Crippen LogP contribution in [0.15, 0.2) is 0 Å². The smallest absolute Gasteiger partial charge is 0.870 e. The van der Waals surface area contributed by atoms with Gasteiger partial charge in [0.1, 0.15) is 6.10 Å². The zero-order valence-electron chi connectivity index (χ0n) is 20.4. The summed E-state index contributed by atoms with van der Waals surface area (Å²) >= 11 is 0. The van der Waals surface area contributed by atoms with Crippen LogP contribution in [0.1, 0.15) is 93.9 Å². The van der Waals surface area contributed by atoms with E-state index in [1.807, 2.05) is 55.4 Å². The Labute approximate surface area is 194 Å². The maximum atomic E-state index is 12.2. The fourth-order valence-electron chi connectivity index (χ4n) is 4.02. The first-order valence-corrected chi connectivity index (χ1v) is 10.2. The van der Waals surface area contributed by atoms with E-state index in [0.29, 0.717) is 12.8 Å². The van der Waals surface area contributed by atoms with Crippen molar-refractivity contribution in [2.24, 2.45) is 0 Å². The Bertz CT molecular complexity index is 508. The van der Waals surface area contributed by atoms with Gasteiger partial charge in [-0.1, -0.05) is 0 Å². The monoisotopic (exact) mass is 421 g/mol. The van der Waals surface area contributed by atoms with Gasteiger partial charge in [-0.15, -0.1) is 12.8 Å². The number of hydrogen-bond donors (Lipinski definition) is 1. The standard InChI is InChI=1S/C22H39NO5.Li.H2O/c1-15(2)11-17(12-16(3)4)27-19(24)9-10-20(25)28-18-13-21(5,6)23(26)22(7,8)14-18;;/h17-18,26H,9-14H2,1-8H3;;1H2/q-2;+1;/p-1. The number of piperidine rings is 1. The molecule has 0 aromatic rings. The molecule has 0 atom stereocenters. The van der Waals surface area contributed by atoms with Crippen LogP contribution in [0.25, 0.3) is 0 Å². The molecule has 0 saturated carbocycles. The average molecular weight is 422 g/mol. The largest absolute Gasteiger partial charge is 1.00 e. The average Bonchev–Trinajstić information content (AvgIpc) is 2.48. The fourth-order valence-corrected chi connectivity index (χ4v) is 4.02. The minimum Gasteiger partial charge on any atom is -0.870 e. The van der Waals surface area contributed by atoms with Gasteiger partial charge in [0.25, 0.3) is 0 Å². The quantitative estimate of drug-likeness (QED) is 0.341. The van der Waals surface area contributed by atoms with E-state index in [9.17, 15) is 14.8 Å². The summed E-state index contributed by atoms with van der Waals surface area (Å²) in [6.45, 7) is 15.8. The first-order valence-electron chi connectivity index (χ1n) is 10.2. The van der Waals surface area contributed by atoms with Crippen LogP contribution in [0.3, 0.4) is 0 Å². The summed E-state index contributed by atoms with van der Waals surface area (Å²) in [5.41, 5.74) is -0.969. The number of hydrogen-bond acceptors (Lipinski definition) is 7. The predicted molar refractivity (Wildman–Crippen MR) is 110 cm³/mol. The van der Waals surface area contributed by atoms with Gasteiger partial charge in [0.2, 0.25) is 0 Å². The van der Waals surface area contributed by atoms with Gasteiger partial charge in [0.15, 0.2) is 0 Å². The van der Waals surface area contributed by atoms with Crippen LogP contribution in [-0.4, -0.2) is 51.0 Å². The molecule has 1 fully saturated rings. The number of carbonyl (C=O) groups excluding carboxylic acids is 2. The Kier molecular flexibility index (Phi) is 13.8. The minimum absolute atomic E-state index is 0. The van der Waals surface area contributed by atoms with E-state index in [2.05, 4.69) is 0 Å². The van der Waals surface area contributed by atoms with Crippen molar-refractivity contribution in [2.75, 3.05) is 0 Å². The third-order valence-electron chi connectivity index (χ3n) is 5.00. The Morgan fingerprint density at radius 2 is 1.37 bits per heavy atom. The number of esters is 2. The van der Waals surface area contributed by atoms with E-state index < -0.39 is 17.0 Å². The van der Waals surface area contributed by atoms with E-state index in [1.165, 1.54) is 16.9 Å². The van der Waals surface area contributed by atoms with E-state index in [1.54, 1.807) is 0 Å². The zero-order chi connectivity index (χ0) is 21.7. The molecule has 0 aromatic heterocycles. The SMILES string of the molecule is C[C-](C)CC(C[C-](C)C)OC(=O)CCC(=O)OC1CC(C)(C)N(O)C(C)(C)C1.[Li+].[OH-]. The Balaban J connectivity index is 0. The van der Waals surface area contributed by atoms with Gasteiger partial charge in [-0.3, -0.25) is 9.59 Å². The van der Waals surface area contributed by atoms with Gasteiger partial charge in [-0.05, 0) is 27.7 Å². The van der Waals surface area contributed by atoms with Gasteiger partial charge >= 0.3 is 30.8 Å². The molecular weight excluding hydrogens is 381 g/mol. The number of ether oxygens (including phenoxy) is 2. The second-order valence-electron chi connectivity index (χ2n) is 9.89. The number of rotatable bonds is 9. The second-order valence-corrected chi connectivity index (χ2v) is 9.89. The van der Waals surface area contributed by atoms with Crippen LogP contribution < -0.4 is 18.9 Å². The molecular formula is C22H40LiNO6-2.